The second kappa shape index (κ2) is 7.89. The summed E-state index contributed by atoms with van der Waals surface area (Å²) in [7, 11) is 0. The number of hydrogen-bond donors (Lipinski definition) is 1. The van der Waals surface area contributed by atoms with Gasteiger partial charge in [0.2, 0.25) is 0 Å². The Bertz CT molecular complexity index is 165. The van der Waals surface area contributed by atoms with Crippen LogP contribution < -0.4 is 0 Å². The maximum atomic E-state index is 10.8. The first kappa shape index (κ1) is 12.3. The Morgan fingerprint density at radius 3 is 2.54 bits per heavy atom. The van der Waals surface area contributed by atoms with E-state index >= 15 is 0 Å². The van der Waals surface area contributed by atoms with Crippen LogP contribution in [0.15, 0.2) is 0 Å². The van der Waals surface area contributed by atoms with E-state index in [1.54, 1.807) is 0 Å². The number of aliphatic hydroxyl groups is 1. The van der Waals surface area contributed by atoms with Crippen LogP contribution in [0, 0.1) is 0 Å². The van der Waals surface area contributed by atoms with Gasteiger partial charge < -0.3 is 14.6 Å². The highest BCUT2D eigenvalue weighted by atomic mass is 16.5. The first-order valence-corrected chi connectivity index (χ1v) is 4.36. The van der Waals surface area contributed by atoms with Crippen molar-refractivity contribution < 1.29 is 19.4 Å². The Labute approximate surface area is 77.9 Å². The molecule has 0 saturated heterocycles. The van der Waals surface area contributed by atoms with Gasteiger partial charge in [0.15, 0.2) is 5.78 Å². The Morgan fingerprint density at radius 1 is 1.31 bits per heavy atom. The van der Waals surface area contributed by atoms with Gasteiger partial charge in [0.1, 0.15) is 12.4 Å². The number of ether oxygens (including phenoxy) is 1. The quantitative estimate of drug-likeness (QED) is 0.557. The molecule has 0 rings (SSSR count). The summed E-state index contributed by atoms with van der Waals surface area (Å²) in [5, 5.41) is 8.39. The van der Waals surface area contributed by atoms with Gasteiger partial charge in [-0.3, -0.25) is 4.79 Å². The molecule has 0 heterocycles. The SMILES string of the molecule is CC(=O)CCCOCC(=O)CCO. The van der Waals surface area contributed by atoms with Crippen LogP contribution >= 0.6 is 0 Å². The number of hydrogen-bond acceptors (Lipinski definition) is 4. The highest BCUT2D eigenvalue weighted by Crippen LogP contribution is 1.92. The summed E-state index contributed by atoms with van der Waals surface area (Å²) in [5.41, 5.74) is 0. The van der Waals surface area contributed by atoms with Crippen LogP contribution in [-0.4, -0.2) is 36.5 Å². The lowest BCUT2D eigenvalue weighted by Gasteiger charge is -2.01. The van der Waals surface area contributed by atoms with Gasteiger partial charge >= 0.3 is 0 Å². The molecule has 0 spiro atoms. The van der Waals surface area contributed by atoms with Crippen LogP contribution in [0.3, 0.4) is 0 Å². The molecule has 0 aromatic carbocycles. The monoisotopic (exact) mass is 188 g/mol. The van der Waals surface area contributed by atoms with Crippen LogP contribution in [-0.2, 0) is 14.3 Å². The van der Waals surface area contributed by atoms with Crippen LogP contribution in [0.2, 0.25) is 0 Å². The topological polar surface area (TPSA) is 63.6 Å². The number of ketones is 2. The van der Waals surface area contributed by atoms with Crippen molar-refractivity contribution in [3.8, 4) is 0 Å². The number of carbonyl (C=O) groups is 2. The second-order valence-electron chi connectivity index (χ2n) is 2.87. The smallest absolute Gasteiger partial charge is 0.160 e. The lowest BCUT2D eigenvalue weighted by Crippen LogP contribution is -2.11. The largest absolute Gasteiger partial charge is 0.396 e. The fraction of sp³-hybridized carbons (Fsp3) is 0.778. The van der Waals surface area contributed by atoms with Crippen molar-refractivity contribution in [1.29, 1.82) is 0 Å². The second-order valence-corrected chi connectivity index (χ2v) is 2.87. The lowest BCUT2D eigenvalue weighted by atomic mass is 10.2. The zero-order valence-electron chi connectivity index (χ0n) is 7.91. The Hall–Kier alpha value is -0.740. The minimum atomic E-state index is -0.129. The van der Waals surface area contributed by atoms with Crippen molar-refractivity contribution in [3.63, 3.8) is 0 Å². The molecule has 0 aliphatic heterocycles. The van der Waals surface area contributed by atoms with Gasteiger partial charge in [-0.1, -0.05) is 0 Å². The van der Waals surface area contributed by atoms with E-state index in [1.165, 1.54) is 6.92 Å². The van der Waals surface area contributed by atoms with E-state index in [9.17, 15) is 9.59 Å². The predicted octanol–water partition coefficient (Wildman–Crippen LogP) is 0.324. The highest BCUT2D eigenvalue weighted by molar-refractivity contribution is 5.79. The first-order valence-electron chi connectivity index (χ1n) is 4.36. The van der Waals surface area contributed by atoms with Crippen LogP contribution in [0.25, 0.3) is 0 Å². The van der Waals surface area contributed by atoms with Crippen molar-refractivity contribution >= 4 is 11.6 Å². The molecule has 13 heavy (non-hydrogen) atoms. The van der Waals surface area contributed by atoms with E-state index in [1.807, 2.05) is 0 Å². The normalized spacial score (nSPS) is 10.0. The lowest BCUT2D eigenvalue weighted by molar-refractivity contribution is -0.124. The van der Waals surface area contributed by atoms with Crippen molar-refractivity contribution in [2.45, 2.75) is 26.2 Å². The summed E-state index contributed by atoms with van der Waals surface area (Å²) < 4.78 is 4.99. The summed E-state index contributed by atoms with van der Waals surface area (Å²) in [5.74, 6) is 0.0237. The van der Waals surface area contributed by atoms with Gasteiger partial charge in [-0.25, -0.2) is 0 Å². The van der Waals surface area contributed by atoms with E-state index in [2.05, 4.69) is 0 Å². The van der Waals surface area contributed by atoms with Crippen LogP contribution in [0.5, 0.6) is 0 Å². The fourth-order valence-electron chi connectivity index (χ4n) is 0.806. The van der Waals surface area contributed by atoms with Gasteiger partial charge in [0, 0.05) is 19.4 Å². The Kier molecular flexibility index (Phi) is 7.44. The Balaban J connectivity index is 3.16. The maximum absolute atomic E-state index is 10.8. The highest BCUT2D eigenvalue weighted by Gasteiger charge is 2.00. The molecule has 0 saturated carbocycles. The van der Waals surface area contributed by atoms with E-state index in [-0.39, 0.29) is 31.2 Å². The van der Waals surface area contributed by atoms with E-state index in [0.717, 1.165) is 0 Å². The van der Waals surface area contributed by atoms with Crippen molar-refractivity contribution in [3.05, 3.63) is 0 Å². The zero-order chi connectivity index (χ0) is 10.1. The third-order valence-electron chi connectivity index (χ3n) is 1.47. The first-order chi connectivity index (χ1) is 6.16. The summed E-state index contributed by atoms with van der Waals surface area (Å²) in [6.45, 7) is 1.86. The van der Waals surface area contributed by atoms with E-state index in [4.69, 9.17) is 9.84 Å². The standard InChI is InChI=1S/C9H16O4/c1-8(11)3-2-6-13-7-9(12)4-5-10/h10H,2-7H2,1H3. The zero-order valence-corrected chi connectivity index (χ0v) is 7.91. The average Bonchev–Trinajstić information content (AvgIpc) is 2.03. The molecule has 0 aliphatic carbocycles. The molecule has 0 radical (unpaired) electrons. The maximum Gasteiger partial charge on any atom is 0.160 e. The summed E-state index contributed by atoms with van der Waals surface area (Å²) >= 11 is 0. The minimum absolute atomic E-state index is 0.0401. The molecule has 0 unspecified atom stereocenters. The molecule has 0 aliphatic rings. The molecule has 1 N–H and O–H groups in total. The van der Waals surface area contributed by atoms with Gasteiger partial charge in [0.25, 0.3) is 0 Å². The molecule has 0 bridgehead atoms. The molecule has 0 fully saturated rings. The number of Topliss-reactive ketones (excluding diaryl/α,β-unsaturated/α-hetero) is 2. The number of carbonyl (C=O) groups excluding carboxylic acids is 2. The fourth-order valence-corrected chi connectivity index (χ4v) is 0.806. The number of rotatable bonds is 8. The van der Waals surface area contributed by atoms with Crippen LogP contribution in [0.4, 0.5) is 0 Å². The van der Waals surface area contributed by atoms with Crippen molar-refractivity contribution in [2.24, 2.45) is 0 Å². The Morgan fingerprint density at radius 2 is 2.00 bits per heavy atom. The van der Waals surface area contributed by atoms with Gasteiger partial charge in [-0.2, -0.15) is 0 Å². The summed E-state index contributed by atoms with van der Waals surface area (Å²) in [6.07, 6.45) is 1.29. The molecule has 0 amide bonds. The molecule has 76 valence electrons. The predicted molar refractivity (Wildman–Crippen MR) is 47.4 cm³/mol. The molecule has 0 atom stereocenters. The molecular formula is C9H16O4. The average molecular weight is 188 g/mol. The van der Waals surface area contributed by atoms with Gasteiger partial charge in [-0.15, -0.1) is 0 Å². The molecule has 4 nitrogen and oxygen atoms in total. The molecule has 0 aromatic heterocycles. The third-order valence-corrected chi connectivity index (χ3v) is 1.47. The number of aliphatic hydroxyl groups excluding tert-OH is 1. The van der Waals surface area contributed by atoms with Crippen LogP contribution in [0.1, 0.15) is 26.2 Å². The minimum Gasteiger partial charge on any atom is -0.396 e. The molecular weight excluding hydrogens is 172 g/mol. The molecule has 0 aromatic rings. The van der Waals surface area contributed by atoms with Crippen molar-refractivity contribution in [1.82, 2.24) is 0 Å². The molecule has 4 heteroatoms. The van der Waals surface area contributed by atoms with Gasteiger partial charge in [0.05, 0.1) is 6.61 Å². The van der Waals surface area contributed by atoms with E-state index in [0.29, 0.717) is 19.4 Å². The van der Waals surface area contributed by atoms with E-state index < -0.39 is 0 Å². The van der Waals surface area contributed by atoms with Crippen molar-refractivity contribution in [2.75, 3.05) is 19.8 Å². The van der Waals surface area contributed by atoms with Gasteiger partial charge in [-0.05, 0) is 13.3 Å². The summed E-state index contributed by atoms with van der Waals surface area (Å²) in [4.78, 5) is 21.3. The third kappa shape index (κ3) is 9.17. The summed E-state index contributed by atoms with van der Waals surface area (Å²) in [6, 6.07) is 0.